The molecule has 0 radical (unpaired) electrons. The Morgan fingerprint density at radius 3 is 2.43 bits per heavy atom. The highest BCUT2D eigenvalue weighted by Crippen LogP contribution is 2.60. The van der Waals surface area contributed by atoms with Crippen molar-refractivity contribution in [3.05, 3.63) is 29.8 Å². The Morgan fingerprint density at radius 2 is 1.73 bits per heavy atom. The number of alkyl halides is 3. The fourth-order valence-corrected chi connectivity index (χ4v) is 5.86. The second-order valence-corrected chi connectivity index (χ2v) is 9.41. The number of benzene rings is 1. The summed E-state index contributed by atoms with van der Waals surface area (Å²) in [7, 11) is 0. The summed E-state index contributed by atoms with van der Waals surface area (Å²) in [6, 6.07) is 4.70. The molecule has 5 aliphatic rings. The van der Waals surface area contributed by atoms with E-state index in [-0.39, 0.29) is 17.8 Å². The number of hydrogen-bond donors (Lipinski definition) is 0. The van der Waals surface area contributed by atoms with Crippen LogP contribution in [0.5, 0.6) is 5.75 Å². The van der Waals surface area contributed by atoms with Crippen LogP contribution >= 0.6 is 0 Å². The SMILES string of the molecule is C[C@H]1[C@@H](Oc2ccc(C(F)(F)F)cc2)O[C@@H]2O[C@@]3(C)CCC4[C@H](C)CC[C@@H]1[C@]42OO3. The molecular formula is C22H27F3O5. The molecule has 8 heteroatoms. The van der Waals surface area contributed by atoms with Crippen LogP contribution in [0.15, 0.2) is 24.3 Å². The van der Waals surface area contributed by atoms with Gasteiger partial charge in [0, 0.05) is 18.3 Å². The molecule has 5 nitrogen and oxygen atoms in total. The van der Waals surface area contributed by atoms with Gasteiger partial charge in [-0.15, -0.1) is 0 Å². The Morgan fingerprint density at radius 1 is 1.00 bits per heavy atom. The molecule has 0 aromatic heterocycles. The maximum absolute atomic E-state index is 12.8. The van der Waals surface area contributed by atoms with Crippen molar-refractivity contribution in [3.63, 3.8) is 0 Å². The Labute approximate surface area is 173 Å². The summed E-state index contributed by atoms with van der Waals surface area (Å²) in [5, 5.41) is 0. The molecule has 1 aliphatic carbocycles. The Kier molecular flexibility index (Phi) is 4.67. The van der Waals surface area contributed by atoms with Crippen molar-refractivity contribution in [3.8, 4) is 5.75 Å². The standard InChI is InChI=1S/C22H27F3O5/c1-12-4-9-17-13(2)18(26-15-7-5-14(6-8-15)22(23,24)25)27-19-21(17)16(12)10-11-20(3,28-19)29-30-21/h5-8,12-13,16-19H,4,9-11H2,1-3H3/t12-,13-,16?,17+,18+,19-,20-,21-/m1/s1. The predicted octanol–water partition coefficient (Wildman–Crippen LogP) is 5.29. The van der Waals surface area contributed by atoms with Crippen LogP contribution < -0.4 is 4.74 Å². The van der Waals surface area contributed by atoms with E-state index >= 15 is 0 Å². The van der Waals surface area contributed by atoms with Crippen molar-refractivity contribution in [2.45, 2.75) is 76.6 Å². The first-order valence-electron chi connectivity index (χ1n) is 10.7. The molecule has 30 heavy (non-hydrogen) atoms. The van der Waals surface area contributed by atoms with Gasteiger partial charge in [0.25, 0.3) is 0 Å². The van der Waals surface area contributed by atoms with Crippen LogP contribution in [0.1, 0.15) is 52.0 Å². The molecule has 1 unspecified atom stereocenters. The topological polar surface area (TPSA) is 46.2 Å². The second-order valence-electron chi connectivity index (χ2n) is 9.41. The molecule has 0 N–H and O–H groups in total. The molecule has 0 amide bonds. The minimum absolute atomic E-state index is 0.0480. The van der Waals surface area contributed by atoms with Gasteiger partial charge in [0.2, 0.25) is 12.1 Å². The van der Waals surface area contributed by atoms with Gasteiger partial charge in [-0.05, 0) is 62.3 Å². The summed E-state index contributed by atoms with van der Waals surface area (Å²) in [6.07, 6.45) is -2.03. The van der Waals surface area contributed by atoms with Gasteiger partial charge in [-0.3, -0.25) is 0 Å². The zero-order valence-electron chi connectivity index (χ0n) is 17.3. The van der Waals surface area contributed by atoms with Gasteiger partial charge >= 0.3 is 6.18 Å². The van der Waals surface area contributed by atoms with Crippen molar-refractivity contribution in [2.75, 3.05) is 0 Å². The minimum atomic E-state index is -4.38. The largest absolute Gasteiger partial charge is 0.465 e. The first-order valence-corrected chi connectivity index (χ1v) is 10.7. The van der Waals surface area contributed by atoms with E-state index in [2.05, 4.69) is 6.92 Å². The molecule has 1 spiro atoms. The van der Waals surface area contributed by atoms with E-state index in [1.807, 2.05) is 13.8 Å². The Bertz CT molecular complexity index is 799. The van der Waals surface area contributed by atoms with Gasteiger partial charge in [-0.25, -0.2) is 9.78 Å². The molecule has 1 aromatic rings. The zero-order valence-corrected chi connectivity index (χ0v) is 17.3. The van der Waals surface area contributed by atoms with Crippen molar-refractivity contribution in [1.29, 1.82) is 0 Å². The fraction of sp³-hybridized carbons (Fsp3) is 0.727. The number of ether oxygens (including phenoxy) is 3. The fourth-order valence-electron chi connectivity index (χ4n) is 5.86. The van der Waals surface area contributed by atoms with Crippen molar-refractivity contribution in [2.24, 2.45) is 23.7 Å². The number of hydrogen-bond acceptors (Lipinski definition) is 5. The molecule has 166 valence electrons. The third-order valence-corrected chi connectivity index (χ3v) is 7.53. The minimum Gasteiger partial charge on any atom is -0.465 e. The van der Waals surface area contributed by atoms with Crippen LogP contribution in [-0.2, 0) is 25.4 Å². The summed E-state index contributed by atoms with van der Waals surface area (Å²) < 4.78 is 57.1. The second kappa shape index (κ2) is 6.82. The average molecular weight is 428 g/mol. The molecule has 4 heterocycles. The normalized spacial score (nSPS) is 45.5. The van der Waals surface area contributed by atoms with Crippen LogP contribution in [0.4, 0.5) is 13.2 Å². The van der Waals surface area contributed by atoms with Gasteiger partial charge in [0.05, 0.1) is 5.56 Å². The summed E-state index contributed by atoms with van der Waals surface area (Å²) >= 11 is 0. The van der Waals surface area contributed by atoms with E-state index in [1.54, 1.807) is 0 Å². The highest BCUT2D eigenvalue weighted by molar-refractivity contribution is 5.29. The lowest BCUT2D eigenvalue weighted by molar-refractivity contribution is -0.575. The third kappa shape index (κ3) is 3.06. The van der Waals surface area contributed by atoms with E-state index in [0.717, 1.165) is 37.8 Å². The summed E-state index contributed by atoms with van der Waals surface area (Å²) in [5.74, 6) is 0.211. The summed E-state index contributed by atoms with van der Waals surface area (Å²) in [4.78, 5) is 11.9. The van der Waals surface area contributed by atoms with Crippen LogP contribution in [-0.4, -0.2) is 24.0 Å². The highest BCUT2D eigenvalue weighted by atomic mass is 19.4. The predicted molar refractivity (Wildman–Crippen MR) is 98.9 cm³/mol. The Hall–Kier alpha value is -1.35. The lowest BCUT2D eigenvalue weighted by Gasteiger charge is -2.60. The van der Waals surface area contributed by atoms with Crippen LogP contribution in [0.3, 0.4) is 0 Å². The monoisotopic (exact) mass is 428 g/mol. The van der Waals surface area contributed by atoms with Crippen molar-refractivity contribution < 1.29 is 37.2 Å². The molecule has 4 saturated heterocycles. The molecule has 5 fully saturated rings. The molecule has 1 aromatic carbocycles. The molecule has 1 saturated carbocycles. The molecule has 2 bridgehead atoms. The van der Waals surface area contributed by atoms with E-state index in [4.69, 9.17) is 24.0 Å². The highest BCUT2D eigenvalue weighted by Gasteiger charge is 2.69. The molecule has 8 atom stereocenters. The third-order valence-electron chi connectivity index (χ3n) is 7.53. The van der Waals surface area contributed by atoms with Gasteiger partial charge in [-0.2, -0.15) is 13.2 Å². The van der Waals surface area contributed by atoms with Crippen LogP contribution in [0.25, 0.3) is 0 Å². The van der Waals surface area contributed by atoms with Gasteiger partial charge in [0.1, 0.15) is 5.75 Å². The van der Waals surface area contributed by atoms with Crippen LogP contribution in [0.2, 0.25) is 0 Å². The van der Waals surface area contributed by atoms with E-state index in [1.165, 1.54) is 12.1 Å². The van der Waals surface area contributed by atoms with Gasteiger partial charge in [0.15, 0.2) is 11.9 Å². The number of fused-ring (bicyclic) bond motifs is 2. The van der Waals surface area contributed by atoms with Crippen molar-refractivity contribution >= 4 is 0 Å². The summed E-state index contributed by atoms with van der Waals surface area (Å²) in [5.41, 5.74) is -1.40. The lowest BCUT2D eigenvalue weighted by Crippen LogP contribution is -2.70. The van der Waals surface area contributed by atoms with Crippen molar-refractivity contribution in [1.82, 2.24) is 0 Å². The first kappa shape index (κ1) is 20.5. The zero-order chi connectivity index (χ0) is 21.3. The van der Waals surface area contributed by atoms with E-state index in [9.17, 15) is 13.2 Å². The van der Waals surface area contributed by atoms with Gasteiger partial charge < -0.3 is 14.2 Å². The smallest absolute Gasteiger partial charge is 0.416 e. The molecular weight excluding hydrogens is 401 g/mol. The molecule has 4 aliphatic heterocycles. The first-order chi connectivity index (χ1) is 14.1. The maximum Gasteiger partial charge on any atom is 0.416 e. The average Bonchev–Trinajstić information content (AvgIpc) is 2.92. The number of halogens is 3. The van der Waals surface area contributed by atoms with E-state index < -0.39 is 35.7 Å². The quantitative estimate of drug-likeness (QED) is 0.599. The lowest BCUT2D eigenvalue weighted by atomic mass is 9.58. The molecule has 6 rings (SSSR count). The maximum atomic E-state index is 12.8. The van der Waals surface area contributed by atoms with Gasteiger partial charge in [-0.1, -0.05) is 13.8 Å². The van der Waals surface area contributed by atoms with E-state index in [0.29, 0.717) is 11.7 Å². The summed E-state index contributed by atoms with van der Waals surface area (Å²) in [6.45, 7) is 6.13. The number of rotatable bonds is 2. The Balaban J connectivity index is 1.43. The van der Waals surface area contributed by atoms with Crippen LogP contribution in [0, 0.1) is 23.7 Å².